The summed E-state index contributed by atoms with van der Waals surface area (Å²) in [6, 6.07) is 61.7. The molecule has 0 aliphatic heterocycles. The maximum absolute atomic E-state index is 6.81. The summed E-state index contributed by atoms with van der Waals surface area (Å²) in [6.07, 6.45) is 9.35. The molecular formula is C53H36N4O. The van der Waals surface area contributed by atoms with Gasteiger partial charge in [-0.2, -0.15) is 0 Å². The molecule has 0 amide bonds. The van der Waals surface area contributed by atoms with Crippen LogP contribution in [0.1, 0.15) is 18.2 Å². The van der Waals surface area contributed by atoms with E-state index in [4.69, 9.17) is 19.4 Å². The van der Waals surface area contributed by atoms with Gasteiger partial charge in [-0.1, -0.05) is 146 Å². The zero-order chi connectivity index (χ0) is 38.4. The molecule has 0 bridgehead atoms. The molecule has 1 aliphatic carbocycles. The summed E-state index contributed by atoms with van der Waals surface area (Å²) in [7, 11) is 0. The third kappa shape index (κ3) is 5.92. The van der Waals surface area contributed by atoms with Crippen molar-refractivity contribution < 1.29 is 4.42 Å². The number of allylic oxidation sites excluding steroid dienone is 4. The van der Waals surface area contributed by atoms with Gasteiger partial charge in [0.1, 0.15) is 17.0 Å². The number of para-hydroxylation sites is 2. The molecule has 10 aromatic rings. The number of anilines is 3. The number of nitrogens with zero attached hydrogens (tertiary/aromatic N) is 4. The maximum Gasteiger partial charge on any atom is 0.164 e. The van der Waals surface area contributed by atoms with Crippen molar-refractivity contribution in [3.8, 4) is 33.9 Å². The first kappa shape index (κ1) is 33.7. The van der Waals surface area contributed by atoms with Gasteiger partial charge in [-0.15, -0.1) is 0 Å². The average molecular weight is 745 g/mol. The van der Waals surface area contributed by atoms with Crippen LogP contribution in [0, 0.1) is 0 Å². The Morgan fingerprint density at radius 3 is 1.97 bits per heavy atom. The highest BCUT2D eigenvalue weighted by Gasteiger charge is 2.23. The first-order valence-corrected chi connectivity index (χ1v) is 19.7. The van der Waals surface area contributed by atoms with Crippen molar-refractivity contribution in [1.29, 1.82) is 0 Å². The SMILES string of the molecule is C1=CCC(c2nc(-c3ccc4ccccc4c3)nc(-c3cccc4oc5cc(-c6cccc(N(c7ccccc7)c7ccccc7)c6)c6ccccc6c5c34)n2)C=C1. The molecule has 0 spiro atoms. The smallest absolute Gasteiger partial charge is 0.164 e. The van der Waals surface area contributed by atoms with E-state index >= 15 is 0 Å². The molecule has 2 heterocycles. The van der Waals surface area contributed by atoms with Gasteiger partial charge in [-0.05, 0) is 93.7 Å². The van der Waals surface area contributed by atoms with Crippen molar-refractivity contribution in [3.05, 3.63) is 206 Å². The summed E-state index contributed by atoms with van der Waals surface area (Å²) >= 11 is 0. The van der Waals surface area contributed by atoms with E-state index in [2.05, 4.69) is 193 Å². The number of hydrogen-bond acceptors (Lipinski definition) is 5. The highest BCUT2D eigenvalue weighted by Crippen LogP contribution is 2.44. The minimum atomic E-state index is 0.0464. The molecule has 1 atom stereocenters. The average Bonchev–Trinajstić information content (AvgIpc) is 3.69. The molecule has 11 rings (SSSR count). The summed E-state index contributed by atoms with van der Waals surface area (Å²) < 4.78 is 6.81. The quantitative estimate of drug-likeness (QED) is 0.163. The number of benzene rings is 8. The second kappa shape index (κ2) is 14.1. The van der Waals surface area contributed by atoms with Crippen molar-refractivity contribution in [3.63, 3.8) is 0 Å². The van der Waals surface area contributed by atoms with Crippen LogP contribution in [0.5, 0.6) is 0 Å². The molecule has 58 heavy (non-hydrogen) atoms. The van der Waals surface area contributed by atoms with Gasteiger partial charge in [0, 0.05) is 44.9 Å². The number of hydrogen-bond donors (Lipinski definition) is 0. The summed E-state index contributed by atoms with van der Waals surface area (Å²) in [5.74, 6) is 2.09. The van der Waals surface area contributed by atoms with Gasteiger partial charge in [0.15, 0.2) is 11.6 Å². The molecule has 0 saturated heterocycles. The minimum absolute atomic E-state index is 0.0464. The standard InChI is InChI=1S/C53H36N4O/c1-4-17-36(18-5-1)51-54-52(39-31-30-35-16-10-11-19-37(35)32-39)56-53(55-51)45-28-15-29-47-50(45)49-44-27-13-12-26-43(44)46(34-48(49)58-47)38-20-14-25-42(33-38)57(40-21-6-2-7-22-40)41-23-8-3-9-24-41/h1-17,19-34,36H,18H2. The Kier molecular flexibility index (Phi) is 8.21. The van der Waals surface area contributed by atoms with Crippen molar-refractivity contribution in [2.75, 3.05) is 4.90 Å². The molecule has 2 aromatic heterocycles. The minimum Gasteiger partial charge on any atom is -0.456 e. The fourth-order valence-electron chi connectivity index (χ4n) is 8.43. The second-order valence-corrected chi connectivity index (χ2v) is 14.7. The first-order valence-electron chi connectivity index (χ1n) is 19.7. The highest BCUT2D eigenvalue weighted by atomic mass is 16.3. The lowest BCUT2D eigenvalue weighted by Crippen LogP contribution is -2.09. The number of aromatic nitrogens is 3. The number of furan rings is 1. The summed E-state index contributed by atoms with van der Waals surface area (Å²) in [4.78, 5) is 17.8. The van der Waals surface area contributed by atoms with E-state index in [1.807, 2.05) is 12.1 Å². The fraction of sp³-hybridized carbons (Fsp3) is 0.0377. The molecule has 5 heteroatoms. The van der Waals surface area contributed by atoms with E-state index in [1.54, 1.807) is 0 Å². The van der Waals surface area contributed by atoms with Crippen LogP contribution < -0.4 is 4.90 Å². The molecule has 0 radical (unpaired) electrons. The Bertz CT molecular complexity index is 3180. The zero-order valence-corrected chi connectivity index (χ0v) is 31.5. The molecule has 0 fully saturated rings. The Morgan fingerprint density at radius 1 is 0.466 bits per heavy atom. The number of rotatable bonds is 7. The van der Waals surface area contributed by atoms with E-state index in [0.29, 0.717) is 11.6 Å². The van der Waals surface area contributed by atoms with Gasteiger partial charge in [0.2, 0.25) is 0 Å². The summed E-state index contributed by atoms with van der Waals surface area (Å²) in [6.45, 7) is 0. The lowest BCUT2D eigenvalue weighted by molar-refractivity contribution is 0.669. The lowest BCUT2D eigenvalue weighted by atomic mass is 9.93. The molecule has 0 N–H and O–H groups in total. The van der Waals surface area contributed by atoms with Crippen LogP contribution in [0.4, 0.5) is 17.1 Å². The van der Waals surface area contributed by atoms with Gasteiger partial charge in [-0.25, -0.2) is 15.0 Å². The normalized spacial score (nSPS) is 13.8. The van der Waals surface area contributed by atoms with Gasteiger partial charge in [0.25, 0.3) is 0 Å². The topological polar surface area (TPSA) is 55.1 Å². The van der Waals surface area contributed by atoms with Crippen LogP contribution in [0.15, 0.2) is 205 Å². The van der Waals surface area contributed by atoms with E-state index < -0.39 is 0 Å². The zero-order valence-electron chi connectivity index (χ0n) is 31.5. The van der Waals surface area contributed by atoms with E-state index in [0.717, 1.165) is 89.7 Å². The van der Waals surface area contributed by atoms with Gasteiger partial charge in [-0.3, -0.25) is 0 Å². The monoisotopic (exact) mass is 744 g/mol. The predicted octanol–water partition coefficient (Wildman–Crippen LogP) is 14.1. The van der Waals surface area contributed by atoms with E-state index in [1.165, 1.54) is 5.39 Å². The largest absolute Gasteiger partial charge is 0.456 e. The molecular weight excluding hydrogens is 709 g/mol. The first-order chi connectivity index (χ1) is 28.7. The van der Waals surface area contributed by atoms with Gasteiger partial charge in [0.05, 0.1) is 0 Å². The maximum atomic E-state index is 6.81. The van der Waals surface area contributed by atoms with Crippen LogP contribution in [0.2, 0.25) is 0 Å². The highest BCUT2D eigenvalue weighted by molar-refractivity contribution is 6.25. The van der Waals surface area contributed by atoms with Gasteiger partial charge >= 0.3 is 0 Å². The van der Waals surface area contributed by atoms with E-state index in [-0.39, 0.29) is 5.92 Å². The van der Waals surface area contributed by atoms with Crippen LogP contribution in [0.3, 0.4) is 0 Å². The van der Waals surface area contributed by atoms with Gasteiger partial charge < -0.3 is 9.32 Å². The van der Waals surface area contributed by atoms with Crippen LogP contribution >= 0.6 is 0 Å². The van der Waals surface area contributed by atoms with Crippen LogP contribution in [0.25, 0.3) is 77.4 Å². The molecule has 5 nitrogen and oxygen atoms in total. The number of fused-ring (bicyclic) bond motifs is 6. The van der Waals surface area contributed by atoms with Crippen LogP contribution in [-0.4, -0.2) is 15.0 Å². The third-order valence-corrected chi connectivity index (χ3v) is 11.2. The molecule has 8 aromatic carbocycles. The van der Waals surface area contributed by atoms with Crippen LogP contribution in [-0.2, 0) is 0 Å². The van der Waals surface area contributed by atoms with Crippen molar-refractivity contribution in [2.45, 2.75) is 12.3 Å². The van der Waals surface area contributed by atoms with Crippen molar-refractivity contribution in [2.24, 2.45) is 0 Å². The fourth-order valence-corrected chi connectivity index (χ4v) is 8.43. The second-order valence-electron chi connectivity index (χ2n) is 14.7. The summed E-state index contributed by atoms with van der Waals surface area (Å²) in [5, 5.41) is 6.62. The van der Waals surface area contributed by atoms with E-state index in [9.17, 15) is 0 Å². The Morgan fingerprint density at radius 2 is 1.17 bits per heavy atom. The van der Waals surface area contributed by atoms with Crippen molar-refractivity contribution in [1.82, 2.24) is 15.0 Å². The Balaban J connectivity index is 1.10. The molecule has 0 saturated carbocycles. The molecule has 274 valence electrons. The summed E-state index contributed by atoms with van der Waals surface area (Å²) in [5.41, 5.74) is 8.94. The Labute approximate surface area is 335 Å². The van der Waals surface area contributed by atoms with Crippen molar-refractivity contribution >= 4 is 60.5 Å². The molecule has 1 unspecified atom stereocenters. The molecule has 1 aliphatic rings. The predicted molar refractivity (Wildman–Crippen MR) is 239 cm³/mol. The Hall–Kier alpha value is -7.63. The lowest BCUT2D eigenvalue weighted by Gasteiger charge is -2.26. The third-order valence-electron chi connectivity index (χ3n) is 11.2.